The van der Waals surface area contributed by atoms with Crippen LogP contribution in [0.15, 0.2) is 12.1 Å². The molecule has 0 unspecified atom stereocenters. The van der Waals surface area contributed by atoms with Crippen molar-refractivity contribution in [2.75, 3.05) is 0 Å². The highest BCUT2D eigenvalue weighted by molar-refractivity contribution is 5.96. The first-order chi connectivity index (χ1) is 7.45. The van der Waals surface area contributed by atoms with Crippen LogP contribution in [0.1, 0.15) is 54.2 Å². The number of rotatable bonds is 4. The van der Waals surface area contributed by atoms with Gasteiger partial charge in [-0.05, 0) is 55.0 Å². The first kappa shape index (κ1) is 13.0. The molecule has 0 aliphatic heterocycles. The second kappa shape index (κ2) is 5.29. The van der Waals surface area contributed by atoms with E-state index in [0.717, 1.165) is 12.0 Å². The van der Waals surface area contributed by atoms with E-state index in [4.69, 9.17) is 0 Å². The molecule has 1 heteroatoms. The predicted octanol–water partition coefficient (Wildman–Crippen LogP) is 4.09. The standard InChI is InChI=1S/C15H22O/c1-6-14-11(4)8-13(9-12(14)5)15(16)7-10(2)3/h8-10H,6-7H2,1-5H3. The van der Waals surface area contributed by atoms with Crippen LogP contribution in [-0.4, -0.2) is 5.78 Å². The zero-order valence-electron chi connectivity index (χ0n) is 11.1. The van der Waals surface area contributed by atoms with Gasteiger partial charge >= 0.3 is 0 Å². The maximum atomic E-state index is 12.0. The average Bonchev–Trinajstić information content (AvgIpc) is 2.16. The number of carbonyl (C=O) groups is 1. The lowest BCUT2D eigenvalue weighted by atomic mass is 9.93. The largest absolute Gasteiger partial charge is 0.294 e. The molecule has 0 N–H and O–H groups in total. The highest BCUT2D eigenvalue weighted by Gasteiger charge is 2.11. The van der Waals surface area contributed by atoms with Gasteiger partial charge in [-0.2, -0.15) is 0 Å². The summed E-state index contributed by atoms with van der Waals surface area (Å²) in [7, 11) is 0. The lowest BCUT2D eigenvalue weighted by Crippen LogP contribution is -2.05. The Morgan fingerprint density at radius 1 is 1.19 bits per heavy atom. The summed E-state index contributed by atoms with van der Waals surface area (Å²) in [6.45, 7) is 10.5. The van der Waals surface area contributed by atoms with E-state index in [2.05, 4.69) is 34.6 Å². The Morgan fingerprint density at radius 2 is 1.69 bits per heavy atom. The molecule has 1 rings (SSSR count). The third-order valence-electron chi connectivity index (χ3n) is 2.97. The van der Waals surface area contributed by atoms with Gasteiger partial charge in [0.25, 0.3) is 0 Å². The van der Waals surface area contributed by atoms with Crippen molar-refractivity contribution in [1.82, 2.24) is 0 Å². The van der Waals surface area contributed by atoms with E-state index in [-0.39, 0.29) is 5.78 Å². The average molecular weight is 218 g/mol. The molecule has 0 heterocycles. The topological polar surface area (TPSA) is 17.1 Å². The molecule has 1 nitrogen and oxygen atoms in total. The Morgan fingerprint density at radius 3 is 2.06 bits per heavy atom. The second-order valence-electron chi connectivity index (χ2n) is 4.96. The number of hydrogen-bond donors (Lipinski definition) is 0. The third-order valence-corrected chi connectivity index (χ3v) is 2.97. The first-order valence-corrected chi connectivity index (χ1v) is 6.09. The van der Waals surface area contributed by atoms with E-state index >= 15 is 0 Å². The number of carbonyl (C=O) groups excluding carboxylic acids is 1. The predicted molar refractivity (Wildman–Crippen MR) is 69.1 cm³/mol. The molecule has 1 aromatic carbocycles. The van der Waals surface area contributed by atoms with Crippen LogP contribution in [0.25, 0.3) is 0 Å². The van der Waals surface area contributed by atoms with Crippen LogP contribution in [0.3, 0.4) is 0 Å². The summed E-state index contributed by atoms with van der Waals surface area (Å²) in [5.74, 6) is 0.697. The van der Waals surface area contributed by atoms with Crippen molar-refractivity contribution in [2.24, 2.45) is 5.92 Å². The van der Waals surface area contributed by atoms with Crippen molar-refractivity contribution in [3.63, 3.8) is 0 Å². The maximum Gasteiger partial charge on any atom is 0.163 e. The summed E-state index contributed by atoms with van der Waals surface area (Å²) in [5.41, 5.74) is 4.74. The van der Waals surface area contributed by atoms with Crippen LogP contribution in [0.2, 0.25) is 0 Å². The number of Topliss-reactive ketones (excluding diaryl/α,β-unsaturated/α-hetero) is 1. The van der Waals surface area contributed by atoms with Crippen molar-refractivity contribution in [1.29, 1.82) is 0 Å². The minimum atomic E-state index is 0.267. The molecule has 0 amide bonds. The third kappa shape index (κ3) is 2.94. The molecule has 0 aromatic heterocycles. The van der Waals surface area contributed by atoms with Gasteiger partial charge in [-0.3, -0.25) is 4.79 Å². The molecule has 88 valence electrons. The maximum absolute atomic E-state index is 12.0. The minimum Gasteiger partial charge on any atom is -0.294 e. The summed E-state index contributed by atoms with van der Waals surface area (Å²) in [6.07, 6.45) is 1.68. The first-order valence-electron chi connectivity index (χ1n) is 6.09. The summed E-state index contributed by atoms with van der Waals surface area (Å²) >= 11 is 0. The Balaban J connectivity index is 3.04. The van der Waals surface area contributed by atoms with Crippen LogP contribution in [0, 0.1) is 19.8 Å². The minimum absolute atomic E-state index is 0.267. The van der Waals surface area contributed by atoms with Crippen molar-refractivity contribution in [3.05, 3.63) is 34.4 Å². The molecular weight excluding hydrogens is 196 g/mol. The number of benzene rings is 1. The summed E-state index contributed by atoms with van der Waals surface area (Å²) in [5, 5.41) is 0. The van der Waals surface area contributed by atoms with Crippen molar-refractivity contribution in [2.45, 2.75) is 47.5 Å². The van der Waals surface area contributed by atoms with Crippen LogP contribution < -0.4 is 0 Å². The Labute approximate surface area is 98.9 Å². The van der Waals surface area contributed by atoms with Crippen LogP contribution in [0.5, 0.6) is 0 Å². The zero-order valence-corrected chi connectivity index (χ0v) is 11.1. The fraction of sp³-hybridized carbons (Fsp3) is 0.533. The number of aryl methyl sites for hydroxylation is 2. The van der Waals surface area contributed by atoms with Crippen LogP contribution in [0.4, 0.5) is 0 Å². The molecule has 1 aromatic rings. The molecule has 16 heavy (non-hydrogen) atoms. The van der Waals surface area contributed by atoms with Gasteiger partial charge < -0.3 is 0 Å². The van der Waals surface area contributed by atoms with E-state index < -0.39 is 0 Å². The molecule has 0 atom stereocenters. The molecule has 0 aliphatic rings. The second-order valence-corrected chi connectivity index (χ2v) is 4.96. The summed E-state index contributed by atoms with van der Waals surface area (Å²) < 4.78 is 0. The fourth-order valence-electron chi connectivity index (χ4n) is 2.20. The van der Waals surface area contributed by atoms with Crippen molar-refractivity contribution < 1.29 is 4.79 Å². The molecule has 0 spiro atoms. The van der Waals surface area contributed by atoms with Gasteiger partial charge in [-0.1, -0.05) is 20.8 Å². The lowest BCUT2D eigenvalue weighted by molar-refractivity contribution is 0.0967. The molecule has 0 saturated carbocycles. The van der Waals surface area contributed by atoms with Gasteiger partial charge in [0.15, 0.2) is 5.78 Å². The highest BCUT2D eigenvalue weighted by atomic mass is 16.1. The Kier molecular flexibility index (Phi) is 4.28. The van der Waals surface area contributed by atoms with Gasteiger partial charge in [-0.25, -0.2) is 0 Å². The van der Waals surface area contributed by atoms with Crippen molar-refractivity contribution >= 4 is 5.78 Å². The van der Waals surface area contributed by atoms with Crippen LogP contribution >= 0.6 is 0 Å². The quantitative estimate of drug-likeness (QED) is 0.695. The van der Waals surface area contributed by atoms with Gasteiger partial charge in [0, 0.05) is 12.0 Å². The lowest BCUT2D eigenvalue weighted by Gasteiger charge is -2.11. The van der Waals surface area contributed by atoms with Gasteiger partial charge in [0.2, 0.25) is 0 Å². The SMILES string of the molecule is CCc1c(C)cc(C(=O)CC(C)C)cc1C. The van der Waals surface area contributed by atoms with E-state index in [1.807, 2.05) is 12.1 Å². The normalized spacial score (nSPS) is 10.9. The van der Waals surface area contributed by atoms with E-state index in [9.17, 15) is 4.79 Å². The molecule has 0 radical (unpaired) electrons. The van der Waals surface area contributed by atoms with E-state index in [0.29, 0.717) is 12.3 Å². The van der Waals surface area contributed by atoms with E-state index in [1.54, 1.807) is 0 Å². The van der Waals surface area contributed by atoms with Crippen LogP contribution in [-0.2, 0) is 6.42 Å². The van der Waals surface area contributed by atoms with Gasteiger partial charge in [0.1, 0.15) is 0 Å². The van der Waals surface area contributed by atoms with E-state index in [1.165, 1.54) is 16.7 Å². The summed E-state index contributed by atoms with van der Waals surface area (Å²) in [4.78, 5) is 12.0. The summed E-state index contributed by atoms with van der Waals surface area (Å²) in [6, 6.07) is 4.08. The number of hydrogen-bond acceptors (Lipinski definition) is 1. The molecule has 0 saturated heterocycles. The van der Waals surface area contributed by atoms with Gasteiger partial charge in [0.05, 0.1) is 0 Å². The zero-order chi connectivity index (χ0) is 12.3. The Bertz CT molecular complexity index is 365. The van der Waals surface area contributed by atoms with Gasteiger partial charge in [-0.15, -0.1) is 0 Å². The molecule has 0 aliphatic carbocycles. The molecular formula is C15H22O. The molecule has 0 fully saturated rings. The Hall–Kier alpha value is -1.11. The monoisotopic (exact) mass is 218 g/mol. The highest BCUT2D eigenvalue weighted by Crippen LogP contribution is 2.19. The fourth-order valence-corrected chi connectivity index (χ4v) is 2.20. The van der Waals surface area contributed by atoms with Crippen molar-refractivity contribution in [3.8, 4) is 0 Å². The molecule has 0 bridgehead atoms. The smallest absolute Gasteiger partial charge is 0.163 e. The number of ketones is 1.